The largest absolute Gasteiger partial charge is 0.508 e. The Hall–Kier alpha value is -4.13. The number of phenols is 1. The standard InChI is InChI=1S/C32H32ClN3O3/c33-27-12-8-24(9-13-27)21-31(38)36(19-16-23-10-14-28(37)15-11-23)22-25-4-3-5-26(20-25)29-6-1-2-7-30(29)32(39)35-18-17-34/h1-15,20,37H,16-19,21-22,34H2,(H,35,39). The summed E-state index contributed by atoms with van der Waals surface area (Å²) in [6, 6.07) is 29.7. The number of carbonyl (C=O) groups is 2. The summed E-state index contributed by atoms with van der Waals surface area (Å²) in [6.45, 7) is 1.70. The van der Waals surface area contributed by atoms with E-state index in [-0.39, 0.29) is 24.0 Å². The van der Waals surface area contributed by atoms with Crippen molar-refractivity contribution in [1.29, 1.82) is 0 Å². The zero-order chi connectivity index (χ0) is 27.6. The highest BCUT2D eigenvalue weighted by atomic mass is 35.5. The Morgan fingerprint density at radius 3 is 2.31 bits per heavy atom. The van der Waals surface area contributed by atoms with Crippen LogP contribution < -0.4 is 11.1 Å². The van der Waals surface area contributed by atoms with E-state index in [9.17, 15) is 14.7 Å². The fraction of sp³-hybridized carbons (Fsp3) is 0.188. The second-order valence-corrected chi connectivity index (χ2v) is 9.76. The molecule has 0 heterocycles. The van der Waals surface area contributed by atoms with Crippen molar-refractivity contribution in [1.82, 2.24) is 10.2 Å². The molecule has 0 saturated heterocycles. The molecule has 4 aromatic rings. The fourth-order valence-corrected chi connectivity index (χ4v) is 4.50. The van der Waals surface area contributed by atoms with Crippen LogP contribution in [0.25, 0.3) is 11.1 Å². The van der Waals surface area contributed by atoms with Crippen LogP contribution >= 0.6 is 11.6 Å². The van der Waals surface area contributed by atoms with Crippen LogP contribution in [0.5, 0.6) is 5.75 Å². The monoisotopic (exact) mass is 541 g/mol. The molecule has 4 N–H and O–H groups in total. The van der Waals surface area contributed by atoms with E-state index in [4.69, 9.17) is 17.3 Å². The van der Waals surface area contributed by atoms with E-state index in [1.165, 1.54) is 0 Å². The quantitative estimate of drug-likeness (QED) is 0.243. The maximum atomic E-state index is 13.5. The average molecular weight is 542 g/mol. The Morgan fingerprint density at radius 1 is 0.846 bits per heavy atom. The highest BCUT2D eigenvalue weighted by Gasteiger charge is 2.17. The summed E-state index contributed by atoms with van der Waals surface area (Å²) < 4.78 is 0. The highest BCUT2D eigenvalue weighted by Crippen LogP contribution is 2.25. The number of nitrogens with one attached hydrogen (secondary N) is 1. The molecule has 6 nitrogen and oxygen atoms in total. The smallest absolute Gasteiger partial charge is 0.251 e. The molecule has 4 rings (SSSR count). The van der Waals surface area contributed by atoms with Crippen LogP contribution in [0.1, 0.15) is 27.0 Å². The van der Waals surface area contributed by atoms with E-state index < -0.39 is 0 Å². The molecule has 0 aliphatic carbocycles. The van der Waals surface area contributed by atoms with Gasteiger partial charge in [-0.1, -0.05) is 72.3 Å². The number of rotatable bonds is 11. The lowest BCUT2D eigenvalue weighted by Crippen LogP contribution is -2.33. The van der Waals surface area contributed by atoms with Gasteiger partial charge in [0.1, 0.15) is 5.75 Å². The van der Waals surface area contributed by atoms with E-state index in [1.807, 2.05) is 71.6 Å². The number of aromatic hydroxyl groups is 1. The molecule has 0 spiro atoms. The lowest BCUT2D eigenvalue weighted by molar-refractivity contribution is -0.131. The summed E-state index contributed by atoms with van der Waals surface area (Å²) in [7, 11) is 0. The predicted molar refractivity (Wildman–Crippen MR) is 156 cm³/mol. The Labute approximate surface area is 234 Å². The van der Waals surface area contributed by atoms with Crippen LogP contribution in [0.4, 0.5) is 0 Å². The molecule has 200 valence electrons. The minimum absolute atomic E-state index is 0.00284. The van der Waals surface area contributed by atoms with E-state index in [0.29, 0.717) is 43.2 Å². The molecule has 39 heavy (non-hydrogen) atoms. The summed E-state index contributed by atoms with van der Waals surface area (Å²) in [5, 5.41) is 13.1. The first kappa shape index (κ1) is 27.9. The minimum atomic E-state index is -0.171. The van der Waals surface area contributed by atoms with Gasteiger partial charge < -0.3 is 21.1 Å². The van der Waals surface area contributed by atoms with Crippen LogP contribution in [-0.4, -0.2) is 41.5 Å². The molecule has 7 heteroatoms. The first-order chi connectivity index (χ1) is 18.9. The van der Waals surface area contributed by atoms with Crippen LogP contribution in [-0.2, 0) is 24.2 Å². The van der Waals surface area contributed by atoms with Gasteiger partial charge in [0.15, 0.2) is 0 Å². The van der Waals surface area contributed by atoms with E-state index in [0.717, 1.165) is 27.8 Å². The van der Waals surface area contributed by atoms with Crippen LogP contribution in [0.2, 0.25) is 5.02 Å². The SMILES string of the molecule is NCCNC(=O)c1ccccc1-c1cccc(CN(CCc2ccc(O)cc2)C(=O)Cc2ccc(Cl)cc2)c1. The molecule has 0 bridgehead atoms. The van der Waals surface area contributed by atoms with Gasteiger partial charge >= 0.3 is 0 Å². The molecule has 0 unspecified atom stereocenters. The zero-order valence-electron chi connectivity index (χ0n) is 21.6. The van der Waals surface area contributed by atoms with Crippen molar-refractivity contribution < 1.29 is 14.7 Å². The van der Waals surface area contributed by atoms with Crippen molar-refractivity contribution in [3.05, 3.63) is 124 Å². The molecule has 0 aromatic heterocycles. The van der Waals surface area contributed by atoms with Crippen molar-refractivity contribution in [2.75, 3.05) is 19.6 Å². The molecule has 0 saturated carbocycles. The Morgan fingerprint density at radius 2 is 1.56 bits per heavy atom. The first-order valence-electron chi connectivity index (χ1n) is 12.9. The third kappa shape index (κ3) is 7.93. The summed E-state index contributed by atoms with van der Waals surface area (Å²) >= 11 is 6.02. The zero-order valence-corrected chi connectivity index (χ0v) is 22.4. The predicted octanol–water partition coefficient (Wildman–Crippen LogP) is 5.22. The molecular formula is C32H32ClN3O3. The third-order valence-electron chi connectivity index (χ3n) is 6.44. The van der Waals surface area contributed by atoms with E-state index in [2.05, 4.69) is 5.32 Å². The van der Waals surface area contributed by atoms with Crippen molar-refractivity contribution in [2.24, 2.45) is 5.73 Å². The van der Waals surface area contributed by atoms with E-state index >= 15 is 0 Å². The van der Waals surface area contributed by atoms with Crippen molar-refractivity contribution in [3.63, 3.8) is 0 Å². The number of nitrogens with two attached hydrogens (primary N) is 1. The number of phenolic OH excluding ortho intramolecular Hbond substituents is 1. The lowest BCUT2D eigenvalue weighted by Gasteiger charge is -2.24. The van der Waals surface area contributed by atoms with Crippen LogP contribution in [0.3, 0.4) is 0 Å². The lowest BCUT2D eigenvalue weighted by atomic mass is 9.97. The highest BCUT2D eigenvalue weighted by molar-refractivity contribution is 6.30. The number of benzene rings is 4. The van der Waals surface area contributed by atoms with Gasteiger partial charge in [-0.25, -0.2) is 0 Å². The maximum absolute atomic E-state index is 13.5. The minimum Gasteiger partial charge on any atom is -0.508 e. The van der Waals surface area contributed by atoms with Crippen LogP contribution in [0, 0.1) is 0 Å². The summed E-state index contributed by atoms with van der Waals surface area (Å²) in [5.74, 6) is 0.0430. The molecule has 0 radical (unpaired) electrons. The molecule has 2 amide bonds. The third-order valence-corrected chi connectivity index (χ3v) is 6.69. The van der Waals surface area contributed by atoms with Gasteiger partial charge in [0.25, 0.3) is 5.91 Å². The Balaban J connectivity index is 1.57. The molecule has 0 aliphatic rings. The summed E-state index contributed by atoms with van der Waals surface area (Å²) in [4.78, 5) is 28.1. The van der Waals surface area contributed by atoms with Crippen molar-refractivity contribution in [2.45, 2.75) is 19.4 Å². The Kier molecular flexibility index (Phi) is 9.73. The number of hydrogen-bond donors (Lipinski definition) is 3. The second-order valence-electron chi connectivity index (χ2n) is 9.33. The van der Waals surface area contributed by atoms with Gasteiger partial charge in [0, 0.05) is 36.8 Å². The second kappa shape index (κ2) is 13.6. The number of halogens is 1. The number of hydrogen-bond acceptors (Lipinski definition) is 4. The Bertz CT molecular complexity index is 1410. The number of carbonyl (C=O) groups excluding carboxylic acids is 2. The van der Waals surface area contributed by atoms with Crippen LogP contribution in [0.15, 0.2) is 97.1 Å². The molecule has 0 aliphatic heterocycles. The summed E-state index contributed by atoms with van der Waals surface area (Å²) in [5.41, 5.74) is 10.7. The number of amides is 2. The summed E-state index contributed by atoms with van der Waals surface area (Å²) in [6.07, 6.45) is 0.910. The van der Waals surface area contributed by atoms with Gasteiger partial charge in [-0.05, 0) is 70.6 Å². The number of nitrogens with zero attached hydrogens (tertiary/aromatic N) is 1. The molecular weight excluding hydrogens is 510 g/mol. The first-order valence-corrected chi connectivity index (χ1v) is 13.3. The fourth-order valence-electron chi connectivity index (χ4n) is 4.38. The van der Waals surface area contributed by atoms with Gasteiger partial charge in [0.2, 0.25) is 5.91 Å². The maximum Gasteiger partial charge on any atom is 0.251 e. The van der Waals surface area contributed by atoms with Gasteiger partial charge in [0.05, 0.1) is 6.42 Å². The normalized spacial score (nSPS) is 10.7. The molecule has 4 aromatic carbocycles. The molecule has 0 fully saturated rings. The topological polar surface area (TPSA) is 95.7 Å². The van der Waals surface area contributed by atoms with E-state index in [1.54, 1.807) is 30.3 Å². The van der Waals surface area contributed by atoms with Gasteiger partial charge in [-0.3, -0.25) is 9.59 Å². The van der Waals surface area contributed by atoms with Crippen molar-refractivity contribution in [3.8, 4) is 16.9 Å². The van der Waals surface area contributed by atoms with Gasteiger partial charge in [-0.2, -0.15) is 0 Å². The van der Waals surface area contributed by atoms with Crippen molar-refractivity contribution >= 4 is 23.4 Å². The average Bonchev–Trinajstić information content (AvgIpc) is 2.96. The van der Waals surface area contributed by atoms with Gasteiger partial charge in [-0.15, -0.1) is 0 Å². The molecule has 0 atom stereocenters.